The molecule has 2 aromatic rings. The number of aldehydes is 1. The van der Waals surface area contributed by atoms with Gasteiger partial charge >= 0.3 is 12.1 Å². The summed E-state index contributed by atoms with van der Waals surface area (Å²) >= 11 is 6.92. The molecular formula is C23H23ClN4O8S. The van der Waals surface area contributed by atoms with Crippen molar-refractivity contribution in [3.8, 4) is 0 Å². The van der Waals surface area contributed by atoms with Crippen molar-refractivity contribution in [2.75, 3.05) is 49.2 Å². The molecule has 2 atom stereocenters. The Labute approximate surface area is 220 Å². The smallest absolute Gasteiger partial charge is 0.414 e. The second kappa shape index (κ2) is 11.7. The van der Waals surface area contributed by atoms with Crippen molar-refractivity contribution in [2.24, 2.45) is 0 Å². The van der Waals surface area contributed by atoms with Crippen LogP contribution in [0.4, 0.5) is 16.2 Å². The minimum absolute atomic E-state index is 0.00776. The molecule has 12 nitrogen and oxygen atoms in total. The van der Waals surface area contributed by atoms with Gasteiger partial charge in [-0.1, -0.05) is 11.6 Å². The van der Waals surface area contributed by atoms with Gasteiger partial charge in [0.25, 0.3) is 11.8 Å². The van der Waals surface area contributed by atoms with E-state index in [4.69, 9.17) is 21.1 Å². The predicted octanol–water partition coefficient (Wildman–Crippen LogP) is 1.43. The van der Waals surface area contributed by atoms with Gasteiger partial charge in [0, 0.05) is 17.9 Å². The highest BCUT2D eigenvalue weighted by Gasteiger charge is 2.38. The number of cyclic esters (lactones) is 1. The van der Waals surface area contributed by atoms with Crippen LogP contribution in [0.3, 0.4) is 0 Å². The maximum atomic E-state index is 13.2. The molecule has 2 aliphatic rings. The number of hydrogen-bond donors (Lipinski definition) is 2. The van der Waals surface area contributed by atoms with Crippen LogP contribution in [-0.2, 0) is 23.9 Å². The predicted molar refractivity (Wildman–Crippen MR) is 133 cm³/mol. The van der Waals surface area contributed by atoms with Gasteiger partial charge in [0.2, 0.25) is 0 Å². The van der Waals surface area contributed by atoms with E-state index in [0.717, 1.165) is 16.2 Å². The summed E-state index contributed by atoms with van der Waals surface area (Å²) in [7, 11) is 0. The van der Waals surface area contributed by atoms with Crippen LogP contribution in [0, 0.1) is 0 Å². The summed E-state index contributed by atoms with van der Waals surface area (Å²) in [4.78, 5) is 64.9. The molecule has 14 heteroatoms. The Kier molecular flexibility index (Phi) is 8.38. The Morgan fingerprint density at radius 2 is 1.89 bits per heavy atom. The lowest BCUT2D eigenvalue weighted by molar-refractivity contribution is -0.144. The number of nitrogens with zero attached hydrogens (tertiary/aromatic N) is 3. The SMILES string of the molecule is O=CCNC(C(=O)O)N(C[C@H]1CN(c2ccc(N3CCOCC3=O)cc2)C(=O)O1)C(=O)c1ccc(Cl)s1. The quantitative estimate of drug-likeness (QED) is 0.331. The average Bonchev–Trinajstić information content (AvgIpc) is 3.48. The van der Waals surface area contributed by atoms with Gasteiger partial charge in [-0.25, -0.2) is 9.59 Å². The van der Waals surface area contributed by atoms with E-state index in [1.807, 2.05) is 0 Å². The topological polar surface area (TPSA) is 146 Å². The number of amides is 3. The third-order valence-electron chi connectivity index (χ3n) is 5.72. The van der Waals surface area contributed by atoms with Crippen molar-refractivity contribution >= 4 is 64.5 Å². The second-order valence-electron chi connectivity index (χ2n) is 8.11. The van der Waals surface area contributed by atoms with Crippen LogP contribution in [0.2, 0.25) is 4.34 Å². The number of nitrogens with one attached hydrogen (secondary N) is 1. The number of carboxylic acid groups (broad SMARTS) is 1. The number of carboxylic acids is 1. The van der Waals surface area contributed by atoms with Crippen LogP contribution in [0.1, 0.15) is 9.67 Å². The molecule has 196 valence electrons. The summed E-state index contributed by atoms with van der Waals surface area (Å²) in [5, 5.41) is 12.2. The van der Waals surface area contributed by atoms with E-state index < -0.39 is 30.2 Å². The Bertz CT molecular complexity index is 1190. The molecule has 1 unspecified atom stereocenters. The molecule has 3 amide bonds. The maximum absolute atomic E-state index is 13.2. The molecule has 0 bridgehead atoms. The molecule has 2 N–H and O–H groups in total. The van der Waals surface area contributed by atoms with Gasteiger partial charge in [-0.15, -0.1) is 11.3 Å². The Morgan fingerprint density at radius 1 is 1.19 bits per heavy atom. The lowest BCUT2D eigenvalue weighted by Gasteiger charge is -2.30. The highest BCUT2D eigenvalue weighted by atomic mass is 35.5. The normalized spacial score (nSPS) is 18.5. The van der Waals surface area contributed by atoms with Crippen LogP contribution in [-0.4, -0.2) is 91.8 Å². The molecule has 3 heterocycles. The lowest BCUT2D eigenvalue weighted by Crippen LogP contribution is -2.56. The molecule has 1 aromatic carbocycles. The van der Waals surface area contributed by atoms with Gasteiger partial charge in [0.05, 0.1) is 35.5 Å². The first kappa shape index (κ1) is 26.5. The molecule has 0 saturated carbocycles. The third-order valence-corrected chi connectivity index (χ3v) is 6.94. The van der Waals surface area contributed by atoms with E-state index in [1.54, 1.807) is 29.2 Å². The molecule has 37 heavy (non-hydrogen) atoms. The molecule has 0 spiro atoms. The van der Waals surface area contributed by atoms with Crippen molar-refractivity contribution in [1.82, 2.24) is 10.2 Å². The number of ether oxygens (including phenoxy) is 2. The number of benzene rings is 1. The van der Waals surface area contributed by atoms with Crippen LogP contribution in [0.25, 0.3) is 0 Å². The number of carbonyl (C=O) groups excluding carboxylic acids is 4. The first-order chi connectivity index (χ1) is 17.8. The molecule has 0 radical (unpaired) electrons. The largest absolute Gasteiger partial charge is 0.479 e. The Hall–Kier alpha value is -3.52. The van der Waals surface area contributed by atoms with Crippen molar-refractivity contribution in [3.05, 3.63) is 45.6 Å². The second-order valence-corrected chi connectivity index (χ2v) is 9.82. The fourth-order valence-corrected chi connectivity index (χ4v) is 5.02. The number of anilines is 2. The number of halogens is 1. The minimum Gasteiger partial charge on any atom is -0.479 e. The number of aliphatic carboxylic acids is 1. The highest BCUT2D eigenvalue weighted by molar-refractivity contribution is 7.18. The molecule has 2 fully saturated rings. The van der Waals surface area contributed by atoms with Crippen LogP contribution in [0.5, 0.6) is 0 Å². The number of hydrogen-bond acceptors (Lipinski definition) is 9. The zero-order valence-electron chi connectivity index (χ0n) is 19.4. The number of morpholine rings is 1. The fourth-order valence-electron chi connectivity index (χ4n) is 4.02. The van der Waals surface area contributed by atoms with E-state index in [2.05, 4.69) is 5.32 Å². The average molecular weight is 551 g/mol. The molecule has 0 aliphatic carbocycles. The lowest BCUT2D eigenvalue weighted by atomic mass is 10.2. The standard InChI is InChI=1S/C23H23ClN4O8S/c24-18-6-5-17(37-18)21(31)28(20(22(32)33)25-7-9-29)12-16-11-27(23(34)36-16)15-3-1-14(2-4-15)26-8-10-35-13-19(26)30/h1-6,9,16,20,25H,7-8,10-13H2,(H,32,33)/t16-,20?/m1/s1. The first-order valence-electron chi connectivity index (χ1n) is 11.2. The van der Waals surface area contributed by atoms with Gasteiger partial charge in [0.1, 0.15) is 19.0 Å². The Morgan fingerprint density at radius 3 is 2.49 bits per heavy atom. The zero-order valence-corrected chi connectivity index (χ0v) is 20.9. The Balaban J connectivity index is 1.50. The van der Waals surface area contributed by atoms with Gasteiger partial charge in [-0.05, 0) is 36.4 Å². The summed E-state index contributed by atoms with van der Waals surface area (Å²) in [5.41, 5.74) is 1.17. The first-order valence-corrected chi connectivity index (χ1v) is 12.4. The van der Waals surface area contributed by atoms with Crippen molar-refractivity contribution in [3.63, 3.8) is 0 Å². The van der Waals surface area contributed by atoms with E-state index in [0.29, 0.717) is 35.1 Å². The minimum atomic E-state index is -1.54. The zero-order chi connectivity index (χ0) is 26.5. The number of carbonyl (C=O) groups is 5. The molecule has 2 aliphatic heterocycles. The number of thiophene rings is 1. The van der Waals surface area contributed by atoms with Crippen LogP contribution in [0.15, 0.2) is 36.4 Å². The van der Waals surface area contributed by atoms with Crippen LogP contribution < -0.4 is 15.1 Å². The third kappa shape index (κ3) is 6.07. The maximum Gasteiger partial charge on any atom is 0.414 e. The van der Waals surface area contributed by atoms with Crippen molar-refractivity contribution < 1.29 is 38.6 Å². The van der Waals surface area contributed by atoms with E-state index >= 15 is 0 Å². The van der Waals surface area contributed by atoms with E-state index in [-0.39, 0.29) is 37.0 Å². The molecule has 4 rings (SSSR count). The van der Waals surface area contributed by atoms with Crippen LogP contribution >= 0.6 is 22.9 Å². The van der Waals surface area contributed by atoms with Gasteiger partial charge in [0.15, 0.2) is 6.17 Å². The van der Waals surface area contributed by atoms with E-state index in [9.17, 15) is 29.1 Å². The number of rotatable bonds is 10. The van der Waals surface area contributed by atoms with Gasteiger partial charge < -0.3 is 29.2 Å². The molecule has 1 aromatic heterocycles. The van der Waals surface area contributed by atoms with E-state index in [1.165, 1.54) is 17.0 Å². The summed E-state index contributed by atoms with van der Waals surface area (Å²) < 4.78 is 10.9. The van der Waals surface area contributed by atoms with Crippen molar-refractivity contribution in [2.45, 2.75) is 12.3 Å². The van der Waals surface area contributed by atoms with Gasteiger partial charge in [-0.2, -0.15) is 0 Å². The monoisotopic (exact) mass is 550 g/mol. The summed E-state index contributed by atoms with van der Waals surface area (Å²) in [5.74, 6) is -2.18. The summed E-state index contributed by atoms with van der Waals surface area (Å²) in [6, 6.07) is 9.74. The van der Waals surface area contributed by atoms with Gasteiger partial charge in [-0.3, -0.25) is 19.8 Å². The fraction of sp³-hybridized carbons (Fsp3) is 0.348. The molecule has 2 saturated heterocycles. The summed E-state index contributed by atoms with van der Waals surface area (Å²) in [6.07, 6.45) is -2.59. The molecular weight excluding hydrogens is 528 g/mol. The highest BCUT2D eigenvalue weighted by Crippen LogP contribution is 2.27. The van der Waals surface area contributed by atoms with Crippen molar-refractivity contribution in [1.29, 1.82) is 0 Å². The summed E-state index contributed by atoms with van der Waals surface area (Å²) in [6.45, 7) is 0.353.